The van der Waals surface area contributed by atoms with Crippen molar-refractivity contribution < 1.29 is 13.7 Å². The molecule has 0 spiro atoms. The Kier molecular flexibility index (Phi) is 3.74. The molecule has 1 aromatic carbocycles. The molecule has 0 atom stereocenters. The molecular formula is C10H7F2N5O2S. The maximum absolute atomic E-state index is 14.0. The zero-order valence-electron chi connectivity index (χ0n) is 10.0. The summed E-state index contributed by atoms with van der Waals surface area (Å²) in [5.74, 6) is -3.00. The Morgan fingerprint density at radius 2 is 2.00 bits per heavy atom. The second-order valence-electron chi connectivity index (χ2n) is 3.52. The standard InChI is InChI=1S/C10H7F2N5O2S/c1-20-10-15-8(14-9(13)16-10)6-4(11)2-3-5(7(6)12)17(18)19/h2-3H,1H3,(H2,13,14,15,16). The molecule has 1 heterocycles. The number of anilines is 1. The summed E-state index contributed by atoms with van der Waals surface area (Å²) < 4.78 is 27.7. The van der Waals surface area contributed by atoms with Crippen LogP contribution in [0.3, 0.4) is 0 Å². The van der Waals surface area contributed by atoms with Gasteiger partial charge in [0.05, 0.1) is 10.5 Å². The predicted octanol–water partition coefficient (Wildman–Crippen LogP) is 2.03. The monoisotopic (exact) mass is 299 g/mol. The molecule has 0 aliphatic heterocycles. The quantitative estimate of drug-likeness (QED) is 0.524. The van der Waals surface area contributed by atoms with E-state index in [1.807, 2.05) is 0 Å². The van der Waals surface area contributed by atoms with E-state index in [9.17, 15) is 18.9 Å². The third-order valence-corrected chi connectivity index (χ3v) is 2.85. The zero-order chi connectivity index (χ0) is 14.9. The van der Waals surface area contributed by atoms with Crippen LogP contribution in [-0.4, -0.2) is 26.1 Å². The van der Waals surface area contributed by atoms with E-state index in [4.69, 9.17) is 5.73 Å². The third kappa shape index (κ3) is 2.50. The number of benzene rings is 1. The van der Waals surface area contributed by atoms with Gasteiger partial charge in [-0.2, -0.15) is 14.4 Å². The van der Waals surface area contributed by atoms with Crippen molar-refractivity contribution in [3.63, 3.8) is 0 Å². The van der Waals surface area contributed by atoms with Gasteiger partial charge in [0.1, 0.15) is 5.82 Å². The van der Waals surface area contributed by atoms with Gasteiger partial charge in [-0.05, 0) is 12.3 Å². The Hall–Kier alpha value is -2.36. The largest absolute Gasteiger partial charge is 0.368 e. The SMILES string of the molecule is CSc1nc(N)nc(-c2c(F)ccc([N+](=O)[O-])c2F)n1. The fourth-order valence-corrected chi connectivity index (χ4v) is 1.83. The van der Waals surface area contributed by atoms with Crippen LogP contribution >= 0.6 is 11.8 Å². The molecule has 0 saturated heterocycles. The normalized spacial score (nSPS) is 10.6. The van der Waals surface area contributed by atoms with E-state index < -0.39 is 27.8 Å². The Labute approximate surface area is 115 Å². The van der Waals surface area contributed by atoms with Crippen molar-refractivity contribution in [2.24, 2.45) is 0 Å². The summed E-state index contributed by atoms with van der Waals surface area (Å²) >= 11 is 1.09. The van der Waals surface area contributed by atoms with Crippen molar-refractivity contribution in [1.82, 2.24) is 15.0 Å². The molecule has 7 nitrogen and oxygen atoms in total. The van der Waals surface area contributed by atoms with Crippen LogP contribution in [0.25, 0.3) is 11.4 Å². The smallest absolute Gasteiger partial charge is 0.305 e. The molecule has 0 fully saturated rings. The summed E-state index contributed by atoms with van der Waals surface area (Å²) in [5, 5.41) is 10.8. The molecule has 0 saturated carbocycles. The highest BCUT2D eigenvalue weighted by atomic mass is 32.2. The van der Waals surface area contributed by atoms with Crippen LogP contribution in [0.2, 0.25) is 0 Å². The van der Waals surface area contributed by atoms with E-state index in [2.05, 4.69) is 15.0 Å². The summed E-state index contributed by atoms with van der Waals surface area (Å²) in [6, 6.07) is 1.50. The van der Waals surface area contributed by atoms with E-state index in [1.165, 1.54) is 0 Å². The number of nitro benzene ring substituents is 1. The van der Waals surface area contributed by atoms with Gasteiger partial charge in [-0.15, -0.1) is 0 Å². The first-order valence-electron chi connectivity index (χ1n) is 5.12. The van der Waals surface area contributed by atoms with Crippen LogP contribution in [0.5, 0.6) is 0 Å². The van der Waals surface area contributed by atoms with E-state index >= 15 is 0 Å². The Balaban J connectivity index is 2.72. The molecule has 2 aromatic rings. The number of thioether (sulfide) groups is 1. The van der Waals surface area contributed by atoms with Gasteiger partial charge in [-0.3, -0.25) is 10.1 Å². The van der Waals surface area contributed by atoms with Crippen molar-refractivity contribution in [2.75, 3.05) is 12.0 Å². The Morgan fingerprint density at radius 3 is 2.60 bits per heavy atom. The lowest BCUT2D eigenvalue weighted by Crippen LogP contribution is -2.05. The number of rotatable bonds is 3. The third-order valence-electron chi connectivity index (χ3n) is 2.31. The van der Waals surface area contributed by atoms with Gasteiger partial charge in [-0.1, -0.05) is 11.8 Å². The maximum atomic E-state index is 14.0. The lowest BCUT2D eigenvalue weighted by Gasteiger charge is -2.06. The van der Waals surface area contributed by atoms with Crippen molar-refractivity contribution in [2.45, 2.75) is 5.16 Å². The number of nitrogens with two attached hydrogens (primary N) is 1. The van der Waals surface area contributed by atoms with Gasteiger partial charge in [-0.25, -0.2) is 9.37 Å². The lowest BCUT2D eigenvalue weighted by atomic mass is 10.1. The summed E-state index contributed by atoms with van der Waals surface area (Å²) in [7, 11) is 0. The molecule has 104 valence electrons. The van der Waals surface area contributed by atoms with Crippen LogP contribution in [0.4, 0.5) is 20.4 Å². The van der Waals surface area contributed by atoms with Gasteiger partial charge < -0.3 is 5.73 Å². The average Bonchev–Trinajstić information content (AvgIpc) is 2.37. The summed E-state index contributed by atoms with van der Waals surface area (Å²) in [4.78, 5) is 20.9. The molecule has 0 radical (unpaired) electrons. The highest BCUT2D eigenvalue weighted by molar-refractivity contribution is 7.98. The molecule has 10 heteroatoms. The predicted molar refractivity (Wildman–Crippen MR) is 68.0 cm³/mol. The number of hydrogen-bond donors (Lipinski definition) is 1. The highest BCUT2D eigenvalue weighted by Crippen LogP contribution is 2.30. The van der Waals surface area contributed by atoms with Crippen molar-refractivity contribution in [3.05, 3.63) is 33.9 Å². The van der Waals surface area contributed by atoms with E-state index in [1.54, 1.807) is 6.26 Å². The molecule has 20 heavy (non-hydrogen) atoms. The molecule has 0 amide bonds. The number of nitrogen functional groups attached to an aromatic ring is 1. The molecule has 1 aromatic heterocycles. The second kappa shape index (κ2) is 5.33. The number of nitrogens with zero attached hydrogens (tertiary/aromatic N) is 4. The minimum absolute atomic E-state index is 0.151. The van der Waals surface area contributed by atoms with Gasteiger partial charge >= 0.3 is 5.69 Å². The zero-order valence-corrected chi connectivity index (χ0v) is 10.8. The highest BCUT2D eigenvalue weighted by Gasteiger charge is 2.25. The molecule has 2 N–H and O–H groups in total. The van der Waals surface area contributed by atoms with Gasteiger partial charge in [0.15, 0.2) is 11.0 Å². The average molecular weight is 299 g/mol. The van der Waals surface area contributed by atoms with Gasteiger partial charge in [0.2, 0.25) is 11.8 Å². The fraction of sp³-hybridized carbons (Fsp3) is 0.100. The molecule has 2 rings (SSSR count). The number of aromatic nitrogens is 3. The summed E-state index contributed by atoms with van der Waals surface area (Å²) in [6.07, 6.45) is 1.64. The lowest BCUT2D eigenvalue weighted by molar-refractivity contribution is -0.387. The second-order valence-corrected chi connectivity index (χ2v) is 4.29. The number of nitro groups is 1. The minimum atomic E-state index is -1.35. The molecule has 0 bridgehead atoms. The number of halogens is 2. The maximum Gasteiger partial charge on any atom is 0.305 e. The first-order chi connectivity index (χ1) is 9.43. The van der Waals surface area contributed by atoms with Crippen LogP contribution in [0.15, 0.2) is 17.3 Å². The molecule has 0 unspecified atom stereocenters. The van der Waals surface area contributed by atoms with E-state index in [-0.39, 0.29) is 16.9 Å². The Morgan fingerprint density at radius 1 is 1.30 bits per heavy atom. The summed E-state index contributed by atoms with van der Waals surface area (Å²) in [5.41, 5.74) is 3.84. The van der Waals surface area contributed by atoms with E-state index in [0.717, 1.165) is 23.9 Å². The van der Waals surface area contributed by atoms with E-state index in [0.29, 0.717) is 0 Å². The topological polar surface area (TPSA) is 108 Å². The fourth-order valence-electron chi connectivity index (χ4n) is 1.46. The molecular weight excluding hydrogens is 292 g/mol. The van der Waals surface area contributed by atoms with Crippen LogP contribution < -0.4 is 5.73 Å². The minimum Gasteiger partial charge on any atom is -0.368 e. The first-order valence-corrected chi connectivity index (χ1v) is 6.34. The molecule has 0 aliphatic carbocycles. The van der Waals surface area contributed by atoms with Gasteiger partial charge in [0.25, 0.3) is 0 Å². The molecule has 0 aliphatic rings. The van der Waals surface area contributed by atoms with Crippen LogP contribution in [0, 0.1) is 21.7 Å². The number of hydrogen-bond acceptors (Lipinski definition) is 7. The van der Waals surface area contributed by atoms with Crippen molar-refractivity contribution in [1.29, 1.82) is 0 Å². The van der Waals surface area contributed by atoms with Gasteiger partial charge in [0, 0.05) is 6.07 Å². The van der Waals surface area contributed by atoms with Crippen LogP contribution in [0.1, 0.15) is 0 Å². The van der Waals surface area contributed by atoms with Crippen molar-refractivity contribution >= 4 is 23.4 Å². The summed E-state index contributed by atoms with van der Waals surface area (Å²) in [6.45, 7) is 0. The van der Waals surface area contributed by atoms with Crippen LogP contribution in [-0.2, 0) is 0 Å². The Bertz CT molecular complexity index is 698. The first kappa shape index (κ1) is 14.1. The van der Waals surface area contributed by atoms with Crippen molar-refractivity contribution in [3.8, 4) is 11.4 Å².